The minimum atomic E-state index is -4.14. The minimum absolute atomic E-state index is 0.264. The fraction of sp³-hybridized carbons (Fsp3) is 0.455. The van der Waals surface area contributed by atoms with Crippen molar-refractivity contribution in [3.05, 3.63) is 29.0 Å². The monoisotopic (exact) mass is 341 g/mol. The Morgan fingerprint density at radius 1 is 1.30 bits per heavy atom. The first kappa shape index (κ1) is 15.7. The highest BCUT2D eigenvalue weighted by atomic mass is 35.5. The molecule has 9 heteroatoms. The zero-order valence-corrected chi connectivity index (χ0v) is 12.9. The molecule has 1 fully saturated rings. The lowest BCUT2D eigenvalue weighted by Gasteiger charge is -2.14. The van der Waals surface area contributed by atoms with Gasteiger partial charge in [-0.15, -0.1) is 0 Å². The van der Waals surface area contributed by atoms with Gasteiger partial charge in [-0.3, -0.25) is 0 Å². The van der Waals surface area contributed by atoms with Crippen molar-refractivity contribution in [3.8, 4) is 0 Å². The summed E-state index contributed by atoms with van der Waals surface area (Å²) >= 11 is 5.53. The number of halogens is 2. The van der Waals surface area contributed by atoms with Crippen LogP contribution >= 0.6 is 11.6 Å². The highest BCUT2D eigenvalue weighted by molar-refractivity contribution is 7.92. The second-order valence-electron chi connectivity index (χ2n) is 4.83. The second-order valence-corrected chi connectivity index (χ2v) is 9.38. The van der Waals surface area contributed by atoms with Crippen molar-refractivity contribution < 1.29 is 21.2 Å². The molecule has 1 aromatic carbocycles. The first-order valence-electron chi connectivity index (χ1n) is 5.72. The predicted molar refractivity (Wildman–Crippen MR) is 73.4 cm³/mol. The van der Waals surface area contributed by atoms with Gasteiger partial charge >= 0.3 is 0 Å². The Morgan fingerprint density at radius 3 is 2.40 bits per heavy atom. The number of sulfonamides is 1. The quantitative estimate of drug-likeness (QED) is 0.876. The molecule has 1 aliphatic rings. The zero-order chi connectivity index (χ0) is 15.2. The van der Waals surface area contributed by atoms with Crippen molar-refractivity contribution in [2.75, 3.05) is 12.8 Å². The summed E-state index contributed by atoms with van der Waals surface area (Å²) in [7, 11) is -7.50. The Balaban J connectivity index is 2.23. The molecule has 1 aromatic rings. The summed E-state index contributed by atoms with van der Waals surface area (Å²) in [6.07, 6.45) is 1.85. The van der Waals surface area contributed by atoms with Crippen LogP contribution in [0.1, 0.15) is 12.8 Å². The average Bonchev–Trinajstić information content (AvgIpc) is 3.10. The maximum atomic E-state index is 13.7. The third-order valence-corrected chi connectivity index (χ3v) is 7.22. The van der Waals surface area contributed by atoms with E-state index < -0.39 is 35.3 Å². The summed E-state index contributed by atoms with van der Waals surface area (Å²) in [4.78, 5) is -0.589. The Labute approximate surface area is 122 Å². The average molecular weight is 342 g/mol. The van der Waals surface area contributed by atoms with Crippen LogP contribution in [0.5, 0.6) is 0 Å². The van der Waals surface area contributed by atoms with Gasteiger partial charge in [0.2, 0.25) is 10.0 Å². The lowest BCUT2D eigenvalue weighted by Crippen LogP contribution is -2.38. The van der Waals surface area contributed by atoms with Crippen LogP contribution < -0.4 is 4.72 Å². The molecule has 20 heavy (non-hydrogen) atoms. The number of benzene rings is 1. The summed E-state index contributed by atoms with van der Waals surface area (Å²) in [6, 6.07) is 3.61. The second kappa shape index (κ2) is 4.94. The summed E-state index contributed by atoms with van der Waals surface area (Å²) in [6.45, 7) is -0.264. The van der Waals surface area contributed by atoms with E-state index in [2.05, 4.69) is 4.72 Å². The van der Waals surface area contributed by atoms with Gasteiger partial charge in [0.15, 0.2) is 15.7 Å². The van der Waals surface area contributed by atoms with Gasteiger partial charge < -0.3 is 0 Å². The largest absolute Gasteiger partial charge is 0.243 e. The fourth-order valence-electron chi connectivity index (χ4n) is 1.81. The standard InChI is InChI=1S/C11H13ClFNO4S2/c1-19(15,16)11(5-6-11)7-14-20(17,18)9-4-2-3-8(12)10(9)13/h2-4,14H,5-7H2,1H3. The molecule has 0 saturated heterocycles. The van der Waals surface area contributed by atoms with Gasteiger partial charge in [-0.1, -0.05) is 17.7 Å². The van der Waals surface area contributed by atoms with Crippen molar-refractivity contribution in [1.29, 1.82) is 0 Å². The number of nitrogens with one attached hydrogen (secondary N) is 1. The summed E-state index contributed by atoms with van der Waals surface area (Å²) in [5, 5.41) is -0.308. The molecule has 0 radical (unpaired) electrons. The van der Waals surface area contributed by atoms with Crippen LogP contribution in [0.4, 0.5) is 4.39 Å². The van der Waals surface area contributed by atoms with Gasteiger partial charge in [0.05, 0.1) is 9.77 Å². The molecule has 0 heterocycles. The Morgan fingerprint density at radius 2 is 1.90 bits per heavy atom. The highest BCUT2D eigenvalue weighted by Crippen LogP contribution is 2.42. The van der Waals surface area contributed by atoms with E-state index in [-0.39, 0.29) is 11.6 Å². The molecule has 0 spiro atoms. The zero-order valence-electron chi connectivity index (χ0n) is 10.6. The van der Waals surface area contributed by atoms with Gasteiger partial charge in [0.25, 0.3) is 0 Å². The van der Waals surface area contributed by atoms with Gasteiger partial charge in [-0.2, -0.15) is 0 Å². The van der Waals surface area contributed by atoms with Gasteiger partial charge in [-0.25, -0.2) is 25.9 Å². The molecule has 112 valence electrons. The van der Waals surface area contributed by atoms with E-state index in [1.54, 1.807) is 0 Å². The van der Waals surface area contributed by atoms with Crippen LogP contribution in [-0.4, -0.2) is 34.4 Å². The molecule has 0 bridgehead atoms. The van der Waals surface area contributed by atoms with Crippen molar-refractivity contribution in [3.63, 3.8) is 0 Å². The van der Waals surface area contributed by atoms with Crippen LogP contribution in [0.2, 0.25) is 5.02 Å². The molecule has 0 unspecified atom stereocenters. The van der Waals surface area contributed by atoms with E-state index in [0.717, 1.165) is 12.3 Å². The Kier molecular flexibility index (Phi) is 3.87. The molecule has 0 amide bonds. The molecular formula is C11H13ClFNO4S2. The van der Waals surface area contributed by atoms with E-state index in [1.807, 2.05) is 0 Å². The summed E-state index contributed by atoms with van der Waals surface area (Å²) in [5.74, 6) is -1.05. The summed E-state index contributed by atoms with van der Waals surface area (Å²) < 4.78 is 61.9. The van der Waals surface area contributed by atoms with Gasteiger partial charge in [-0.05, 0) is 25.0 Å². The number of sulfone groups is 1. The number of rotatable bonds is 5. The van der Waals surface area contributed by atoms with E-state index in [9.17, 15) is 21.2 Å². The first-order valence-corrected chi connectivity index (χ1v) is 9.48. The molecule has 1 saturated carbocycles. The third kappa shape index (κ3) is 2.83. The molecule has 1 aliphatic carbocycles. The molecule has 0 aliphatic heterocycles. The van der Waals surface area contributed by atoms with E-state index >= 15 is 0 Å². The van der Waals surface area contributed by atoms with E-state index in [0.29, 0.717) is 12.8 Å². The fourth-order valence-corrected chi connectivity index (χ4v) is 4.54. The number of hydrogen-bond donors (Lipinski definition) is 1. The maximum absolute atomic E-state index is 13.7. The minimum Gasteiger partial charge on any atom is -0.228 e. The topological polar surface area (TPSA) is 80.3 Å². The predicted octanol–water partition coefficient (Wildman–Crippen LogP) is 1.33. The smallest absolute Gasteiger partial charge is 0.228 e. The van der Waals surface area contributed by atoms with Crippen LogP contribution in [0, 0.1) is 5.82 Å². The van der Waals surface area contributed by atoms with Gasteiger partial charge in [0.1, 0.15) is 4.90 Å². The van der Waals surface area contributed by atoms with Gasteiger partial charge in [0, 0.05) is 12.8 Å². The Hall–Kier alpha value is -0.700. The van der Waals surface area contributed by atoms with Crippen LogP contribution in [-0.2, 0) is 19.9 Å². The lowest BCUT2D eigenvalue weighted by atomic mass is 10.3. The normalized spacial score (nSPS) is 17.9. The van der Waals surface area contributed by atoms with E-state index in [4.69, 9.17) is 11.6 Å². The van der Waals surface area contributed by atoms with Crippen LogP contribution in [0.25, 0.3) is 0 Å². The third-order valence-electron chi connectivity index (χ3n) is 3.38. The highest BCUT2D eigenvalue weighted by Gasteiger charge is 2.52. The SMILES string of the molecule is CS(=O)(=O)C1(CNS(=O)(=O)c2cccc(Cl)c2F)CC1. The van der Waals surface area contributed by atoms with Crippen molar-refractivity contribution in [1.82, 2.24) is 4.72 Å². The molecule has 2 rings (SSSR count). The maximum Gasteiger partial charge on any atom is 0.243 e. The molecule has 0 aromatic heterocycles. The molecular weight excluding hydrogens is 329 g/mol. The van der Waals surface area contributed by atoms with Crippen molar-refractivity contribution in [2.45, 2.75) is 22.5 Å². The van der Waals surface area contributed by atoms with E-state index in [1.165, 1.54) is 12.1 Å². The molecule has 5 nitrogen and oxygen atoms in total. The summed E-state index contributed by atoms with van der Waals surface area (Å²) in [5.41, 5.74) is 0. The number of hydrogen-bond acceptors (Lipinski definition) is 4. The van der Waals surface area contributed by atoms with Crippen molar-refractivity contribution in [2.24, 2.45) is 0 Å². The Bertz CT molecular complexity index is 742. The lowest BCUT2D eigenvalue weighted by molar-refractivity contribution is 0.551. The van der Waals surface area contributed by atoms with Crippen LogP contribution in [0.3, 0.4) is 0 Å². The molecule has 0 atom stereocenters. The molecule has 1 N–H and O–H groups in total. The van der Waals surface area contributed by atoms with Crippen molar-refractivity contribution >= 4 is 31.5 Å². The first-order chi connectivity index (χ1) is 9.09. The van der Waals surface area contributed by atoms with Crippen LogP contribution in [0.15, 0.2) is 23.1 Å².